The first-order valence-electron chi connectivity index (χ1n) is 3.38. The van der Waals surface area contributed by atoms with Crippen LogP contribution in [0.3, 0.4) is 0 Å². The fraction of sp³-hybridized carbons (Fsp3) is 1.00. The molecule has 4 nitrogen and oxygen atoms in total. The minimum absolute atomic E-state index is 0.311. The van der Waals surface area contributed by atoms with Gasteiger partial charge in [-0.05, 0) is 6.92 Å². The summed E-state index contributed by atoms with van der Waals surface area (Å²) in [6, 6.07) is -0.362. The van der Waals surface area contributed by atoms with E-state index in [2.05, 4.69) is 0 Å². The lowest BCUT2D eigenvalue weighted by molar-refractivity contribution is -0.198. The molecule has 0 saturated carbocycles. The van der Waals surface area contributed by atoms with Gasteiger partial charge in [-0.2, -0.15) is 0 Å². The van der Waals surface area contributed by atoms with E-state index in [0.717, 1.165) is 0 Å². The zero-order valence-corrected chi connectivity index (χ0v) is 5.90. The predicted octanol–water partition coefficient (Wildman–Crippen LogP) is -1.20. The molecule has 0 bridgehead atoms. The number of hydrogen-bond donors (Lipinski definition) is 3. The summed E-state index contributed by atoms with van der Waals surface area (Å²) in [5.41, 5.74) is 5.47. The third-order valence-electron chi connectivity index (χ3n) is 1.77. The Hall–Kier alpha value is -0.160. The third-order valence-corrected chi connectivity index (χ3v) is 1.77. The van der Waals surface area contributed by atoms with Gasteiger partial charge in [0.2, 0.25) is 0 Å². The summed E-state index contributed by atoms with van der Waals surface area (Å²) in [5.74, 6) is 0. The number of rotatable bonds is 0. The minimum Gasteiger partial charge on any atom is -0.389 e. The predicted molar refractivity (Wildman–Crippen MR) is 35.2 cm³/mol. The van der Waals surface area contributed by atoms with Crippen LogP contribution in [0, 0.1) is 0 Å². The molecule has 0 aromatic heterocycles. The van der Waals surface area contributed by atoms with Gasteiger partial charge in [0.1, 0.15) is 0 Å². The molecule has 4 heteroatoms. The van der Waals surface area contributed by atoms with Crippen LogP contribution in [0.5, 0.6) is 0 Å². The van der Waals surface area contributed by atoms with Crippen LogP contribution in [0.4, 0.5) is 0 Å². The number of hydrogen-bond acceptors (Lipinski definition) is 4. The van der Waals surface area contributed by atoms with Crippen molar-refractivity contribution in [2.45, 2.75) is 37.9 Å². The maximum absolute atomic E-state index is 9.20. The largest absolute Gasteiger partial charge is 0.389 e. The molecule has 0 aliphatic carbocycles. The highest BCUT2D eigenvalue weighted by atomic mass is 16.6. The average Bonchev–Trinajstić information content (AvgIpc) is 1.82. The topological polar surface area (TPSA) is 75.7 Å². The van der Waals surface area contributed by atoms with Crippen LogP contribution in [0.25, 0.3) is 0 Å². The van der Waals surface area contributed by atoms with Gasteiger partial charge >= 0.3 is 0 Å². The maximum Gasteiger partial charge on any atom is 0.156 e. The summed E-state index contributed by atoms with van der Waals surface area (Å²) in [5, 5.41) is 18.2. The molecular weight excluding hydrogens is 134 g/mol. The molecular formula is C6H13NO3. The fourth-order valence-electron chi connectivity index (χ4n) is 1.10. The maximum atomic E-state index is 9.20. The summed E-state index contributed by atoms with van der Waals surface area (Å²) in [6.07, 6.45) is -1.51. The van der Waals surface area contributed by atoms with E-state index in [4.69, 9.17) is 15.6 Å². The van der Waals surface area contributed by atoms with Gasteiger partial charge in [0.25, 0.3) is 0 Å². The molecule has 0 spiro atoms. The average molecular weight is 147 g/mol. The molecule has 0 radical (unpaired) electrons. The third kappa shape index (κ3) is 1.46. The molecule has 1 aliphatic rings. The smallest absolute Gasteiger partial charge is 0.156 e. The van der Waals surface area contributed by atoms with Crippen molar-refractivity contribution < 1.29 is 14.9 Å². The molecule has 60 valence electrons. The Morgan fingerprint density at radius 2 is 2.10 bits per heavy atom. The molecule has 0 aromatic rings. The summed E-state index contributed by atoms with van der Waals surface area (Å²) in [6.45, 7) is 1.69. The molecule has 1 unspecified atom stereocenters. The molecule has 1 fully saturated rings. The summed E-state index contributed by atoms with van der Waals surface area (Å²) in [4.78, 5) is 0. The Labute approximate surface area is 59.6 Å². The van der Waals surface area contributed by atoms with E-state index in [1.54, 1.807) is 6.92 Å². The highest BCUT2D eigenvalue weighted by molar-refractivity contribution is 4.82. The van der Waals surface area contributed by atoms with Gasteiger partial charge in [-0.3, -0.25) is 0 Å². The Morgan fingerprint density at radius 1 is 1.50 bits per heavy atom. The second-order valence-corrected chi connectivity index (χ2v) is 2.69. The molecule has 0 aromatic carbocycles. The van der Waals surface area contributed by atoms with Crippen molar-refractivity contribution in [2.75, 3.05) is 0 Å². The molecule has 0 amide bonds. The van der Waals surface area contributed by atoms with Crippen molar-refractivity contribution in [1.29, 1.82) is 0 Å². The molecule has 1 heterocycles. The van der Waals surface area contributed by atoms with Gasteiger partial charge in [-0.15, -0.1) is 0 Å². The van der Waals surface area contributed by atoms with Crippen LogP contribution < -0.4 is 5.73 Å². The number of nitrogens with two attached hydrogens (primary N) is 1. The zero-order chi connectivity index (χ0) is 7.72. The zero-order valence-electron chi connectivity index (χ0n) is 5.90. The van der Waals surface area contributed by atoms with Crippen molar-refractivity contribution in [1.82, 2.24) is 0 Å². The quantitative estimate of drug-likeness (QED) is 0.402. The van der Waals surface area contributed by atoms with E-state index in [-0.39, 0.29) is 12.1 Å². The van der Waals surface area contributed by atoms with Crippen LogP contribution in [0.15, 0.2) is 0 Å². The molecule has 1 rings (SSSR count). The van der Waals surface area contributed by atoms with Crippen molar-refractivity contribution >= 4 is 0 Å². The first-order chi connectivity index (χ1) is 4.61. The first-order valence-corrected chi connectivity index (χ1v) is 3.38. The normalized spacial score (nSPS) is 49.2. The van der Waals surface area contributed by atoms with Crippen molar-refractivity contribution in [3.05, 3.63) is 0 Å². The Kier molecular flexibility index (Phi) is 2.25. The Balaban J connectivity index is 2.49. The number of ether oxygens (including phenoxy) is 1. The number of aliphatic hydroxyl groups is 2. The highest BCUT2D eigenvalue weighted by Gasteiger charge is 2.31. The first kappa shape index (κ1) is 7.94. The van der Waals surface area contributed by atoms with Crippen LogP contribution in [-0.2, 0) is 4.74 Å². The standard InChI is InChI=1S/C6H13NO3/c1-3-6(9)4(7)2-5(8)10-3/h3-6,8-9H,2,7H2,1H3/t3-,4-,5?,6+/m1/s1. The van der Waals surface area contributed by atoms with Crippen molar-refractivity contribution in [3.8, 4) is 0 Å². The monoisotopic (exact) mass is 147 g/mol. The second-order valence-electron chi connectivity index (χ2n) is 2.69. The van der Waals surface area contributed by atoms with E-state index in [1.165, 1.54) is 0 Å². The van der Waals surface area contributed by atoms with Crippen LogP contribution >= 0.6 is 0 Å². The fourth-order valence-corrected chi connectivity index (χ4v) is 1.10. The van der Waals surface area contributed by atoms with Gasteiger partial charge in [-0.1, -0.05) is 0 Å². The van der Waals surface area contributed by atoms with Gasteiger partial charge < -0.3 is 20.7 Å². The van der Waals surface area contributed by atoms with Crippen LogP contribution in [-0.4, -0.2) is 34.8 Å². The van der Waals surface area contributed by atoms with E-state index >= 15 is 0 Å². The highest BCUT2D eigenvalue weighted by Crippen LogP contribution is 2.16. The number of aliphatic hydroxyl groups excluding tert-OH is 2. The van der Waals surface area contributed by atoms with Crippen molar-refractivity contribution in [3.63, 3.8) is 0 Å². The van der Waals surface area contributed by atoms with Gasteiger partial charge in [0.15, 0.2) is 6.29 Å². The van der Waals surface area contributed by atoms with Gasteiger partial charge in [0.05, 0.1) is 12.2 Å². The van der Waals surface area contributed by atoms with Crippen molar-refractivity contribution in [2.24, 2.45) is 5.73 Å². The SMILES string of the molecule is C[C@H]1OC(O)C[C@@H](N)[C@H]1O. The molecule has 4 N–H and O–H groups in total. The van der Waals surface area contributed by atoms with E-state index in [1.807, 2.05) is 0 Å². The molecule has 10 heavy (non-hydrogen) atoms. The Morgan fingerprint density at radius 3 is 2.60 bits per heavy atom. The summed E-state index contributed by atoms with van der Waals surface area (Å²) < 4.78 is 4.89. The lowest BCUT2D eigenvalue weighted by atomic mass is 10.0. The van der Waals surface area contributed by atoms with E-state index in [0.29, 0.717) is 6.42 Å². The Bertz CT molecular complexity index is 108. The van der Waals surface area contributed by atoms with Crippen LogP contribution in [0.1, 0.15) is 13.3 Å². The summed E-state index contributed by atoms with van der Waals surface area (Å²) >= 11 is 0. The van der Waals surface area contributed by atoms with Crippen LogP contribution in [0.2, 0.25) is 0 Å². The van der Waals surface area contributed by atoms with Gasteiger partial charge in [0, 0.05) is 12.5 Å². The molecule has 4 atom stereocenters. The second kappa shape index (κ2) is 2.84. The molecule has 1 aliphatic heterocycles. The lowest BCUT2D eigenvalue weighted by Gasteiger charge is -2.33. The lowest BCUT2D eigenvalue weighted by Crippen LogP contribution is -2.51. The van der Waals surface area contributed by atoms with Gasteiger partial charge in [-0.25, -0.2) is 0 Å². The summed E-state index contributed by atoms with van der Waals surface area (Å²) in [7, 11) is 0. The van der Waals surface area contributed by atoms with E-state index in [9.17, 15) is 5.11 Å². The molecule has 1 saturated heterocycles. The minimum atomic E-state index is -0.812. The van der Waals surface area contributed by atoms with E-state index < -0.39 is 12.4 Å².